The van der Waals surface area contributed by atoms with Crippen LogP contribution in [-0.4, -0.2) is 16.1 Å². The molecule has 1 fully saturated rings. The minimum atomic E-state index is 0.773. The highest BCUT2D eigenvalue weighted by atomic mass is 15.1. The van der Waals surface area contributed by atoms with Gasteiger partial charge in [-0.05, 0) is 31.6 Å². The Labute approximate surface area is 110 Å². The fourth-order valence-electron chi connectivity index (χ4n) is 2.95. The molecule has 1 aromatic heterocycles. The van der Waals surface area contributed by atoms with E-state index in [2.05, 4.69) is 23.7 Å². The Morgan fingerprint density at radius 2 is 2.22 bits per heavy atom. The highest BCUT2D eigenvalue weighted by Crippen LogP contribution is 2.40. The summed E-state index contributed by atoms with van der Waals surface area (Å²) in [6.07, 6.45) is 6.50. The number of hydrogen-bond donors (Lipinski definition) is 1. The summed E-state index contributed by atoms with van der Waals surface area (Å²) in [5.74, 6) is 2.98. The summed E-state index contributed by atoms with van der Waals surface area (Å²) in [7, 11) is 0. The van der Waals surface area contributed by atoms with Crippen molar-refractivity contribution in [3.8, 4) is 0 Å². The van der Waals surface area contributed by atoms with Gasteiger partial charge in [0.1, 0.15) is 5.82 Å². The Morgan fingerprint density at radius 1 is 1.39 bits per heavy atom. The van der Waals surface area contributed by atoms with Crippen LogP contribution in [0.3, 0.4) is 0 Å². The predicted octanol–water partition coefficient (Wildman–Crippen LogP) is 2.84. The van der Waals surface area contributed by atoms with Crippen molar-refractivity contribution in [1.82, 2.24) is 14.9 Å². The Bertz CT molecular complexity index is 416. The summed E-state index contributed by atoms with van der Waals surface area (Å²) in [4.78, 5) is 4.91. The molecule has 0 aromatic carbocycles. The van der Waals surface area contributed by atoms with Crippen molar-refractivity contribution < 1.29 is 0 Å². The summed E-state index contributed by atoms with van der Waals surface area (Å²) in [6.45, 7) is 7.91. The number of rotatable bonds is 5. The second-order valence-electron chi connectivity index (χ2n) is 6.25. The number of nitrogens with zero attached hydrogens (tertiary/aromatic N) is 2. The van der Waals surface area contributed by atoms with E-state index in [4.69, 9.17) is 4.98 Å². The average Bonchev–Trinajstić information content (AvgIpc) is 3.13. The van der Waals surface area contributed by atoms with E-state index in [1.807, 2.05) is 0 Å². The van der Waals surface area contributed by atoms with Crippen molar-refractivity contribution in [2.24, 2.45) is 5.92 Å². The van der Waals surface area contributed by atoms with Crippen molar-refractivity contribution in [3.63, 3.8) is 0 Å². The maximum absolute atomic E-state index is 4.91. The summed E-state index contributed by atoms with van der Waals surface area (Å²) >= 11 is 0. The van der Waals surface area contributed by atoms with Gasteiger partial charge in [0.15, 0.2) is 0 Å². The SMILES string of the molecule is CC(C)CCCn1c(C2CC2)nc2c1CCNC2. The normalized spacial score (nSPS) is 19.3. The Hall–Kier alpha value is -0.830. The van der Waals surface area contributed by atoms with Crippen LogP contribution in [0.15, 0.2) is 0 Å². The van der Waals surface area contributed by atoms with Crippen molar-refractivity contribution in [2.75, 3.05) is 6.54 Å². The lowest BCUT2D eigenvalue weighted by molar-refractivity contribution is 0.491. The first-order valence-electron chi connectivity index (χ1n) is 7.54. The molecule has 2 heterocycles. The van der Waals surface area contributed by atoms with Crippen LogP contribution in [-0.2, 0) is 19.5 Å². The molecule has 3 heteroatoms. The van der Waals surface area contributed by atoms with Crippen molar-refractivity contribution >= 4 is 0 Å². The largest absolute Gasteiger partial charge is 0.331 e. The van der Waals surface area contributed by atoms with Crippen LogP contribution in [0.2, 0.25) is 0 Å². The predicted molar refractivity (Wildman–Crippen MR) is 73.7 cm³/mol. The third-order valence-corrected chi connectivity index (χ3v) is 4.12. The van der Waals surface area contributed by atoms with Crippen LogP contribution >= 0.6 is 0 Å². The quantitative estimate of drug-likeness (QED) is 0.867. The molecule has 1 aliphatic heterocycles. The van der Waals surface area contributed by atoms with E-state index < -0.39 is 0 Å². The third kappa shape index (κ3) is 2.46. The summed E-state index contributed by atoms with van der Waals surface area (Å²) in [6, 6.07) is 0. The van der Waals surface area contributed by atoms with Crippen molar-refractivity contribution in [2.45, 2.75) is 65.0 Å². The first-order chi connectivity index (χ1) is 8.75. The standard InChI is InChI=1S/C15H25N3/c1-11(2)4-3-9-18-14-7-8-16-10-13(14)17-15(18)12-5-6-12/h11-12,16H,3-10H2,1-2H3. The lowest BCUT2D eigenvalue weighted by Gasteiger charge is -2.16. The molecule has 0 unspecified atom stereocenters. The van der Waals surface area contributed by atoms with Crippen LogP contribution < -0.4 is 5.32 Å². The number of hydrogen-bond acceptors (Lipinski definition) is 2. The van der Waals surface area contributed by atoms with Gasteiger partial charge in [-0.2, -0.15) is 0 Å². The molecule has 3 nitrogen and oxygen atoms in total. The number of imidazole rings is 1. The zero-order valence-electron chi connectivity index (χ0n) is 11.7. The van der Waals surface area contributed by atoms with Gasteiger partial charge < -0.3 is 9.88 Å². The first kappa shape index (κ1) is 12.2. The van der Waals surface area contributed by atoms with E-state index in [9.17, 15) is 0 Å². The number of nitrogens with one attached hydrogen (secondary N) is 1. The van der Waals surface area contributed by atoms with E-state index in [0.29, 0.717) is 0 Å². The molecule has 0 radical (unpaired) electrons. The second kappa shape index (κ2) is 5.04. The topological polar surface area (TPSA) is 29.9 Å². The fraction of sp³-hybridized carbons (Fsp3) is 0.800. The van der Waals surface area contributed by atoms with Crippen LogP contribution in [0.25, 0.3) is 0 Å². The number of fused-ring (bicyclic) bond motifs is 1. The minimum absolute atomic E-state index is 0.773. The fourth-order valence-corrected chi connectivity index (χ4v) is 2.95. The molecule has 1 saturated carbocycles. The van der Waals surface area contributed by atoms with Gasteiger partial charge >= 0.3 is 0 Å². The van der Waals surface area contributed by atoms with Gasteiger partial charge in [-0.1, -0.05) is 13.8 Å². The Kier molecular flexibility index (Phi) is 3.42. The Morgan fingerprint density at radius 3 is 2.94 bits per heavy atom. The summed E-state index contributed by atoms with van der Waals surface area (Å²) in [5.41, 5.74) is 2.85. The molecular formula is C15H25N3. The van der Waals surface area contributed by atoms with E-state index in [-0.39, 0.29) is 0 Å². The van der Waals surface area contributed by atoms with Crippen molar-refractivity contribution in [1.29, 1.82) is 0 Å². The van der Waals surface area contributed by atoms with Crippen LogP contribution in [0, 0.1) is 5.92 Å². The molecule has 18 heavy (non-hydrogen) atoms. The molecule has 1 N–H and O–H groups in total. The maximum Gasteiger partial charge on any atom is 0.112 e. The van der Waals surface area contributed by atoms with E-state index in [0.717, 1.165) is 31.3 Å². The maximum atomic E-state index is 4.91. The molecule has 100 valence electrons. The van der Waals surface area contributed by atoms with Gasteiger partial charge in [-0.3, -0.25) is 0 Å². The van der Waals surface area contributed by atoms with Gasteiger partial charge in [0.2, 0.25) is 0 Å². The van der Waals surface area contributed by atoms with E-state index in [1.165, 1.54) is 49.4 Å². The molecule has 3 rings (SSSR count). The van der Waals surface area contributed by atoms with Gasteiger partial charge in [0, 0.05) is 37.7 Å². The molecule has 0 spiro atoms. The van der Waals surface area contributed by atoms with Gasteiger partial charge in [0.25, 0.3) is 0 Å². The van der Waals surface area contributed by atoms with Gasteiger partial charge in [-0.25, -0.2) is 4.98 Å². The van der Waals surface area contributed by atoms with E-state index >= 15 is 0 Å². The Balaban J connectivity index is 1.78. The lowest BCUT2D eigenvalue weighted by Crippen LogP contribution is -2.25. The molecule has 0 bridgehead atoms. The monoisotopic (exact) mass is 247 g/mol. The number of aromatic nitrogens is 2. The van der Waals surface area contributed by atoms with Gasteiger partial charge in [-0.15, -0.1) is 0 Å². The molecule has 2 aliphatic rings. The highest BCUT2D eigenvalue weighted by molar-refractivity contribution is 5.24. The van der Waals surface area contributed by atoms with Crippen LogP contribution in [0.1, 0.15) is 62.7 Å². The van der Waals surface area contributed by atoms with E-state index in [1.54, 1.807) is 0 Å². The molecule has 1 aromatic rings. The molecular weight excluding hydrogens is 222 g/mol. The molecule has 0 amide bonds. The molecule has 1 aliphatic carbocycles. The molecule has 0 saturated heterocycles. The van der Waals surface area contributed by atoms with Crippen LogP contribution in [0.5, 0.6) is 0 Å². The van der Waals surface area contributed by atoms with Gasteiger partial charge in [0.05, 0.1) is 5.69 Å². The minimum Gasteiger partial charge on any atom is -0.331 e. The van der Waals surface area contributed by atoms with Crippen LogP contribution in [0.4, 0.5) is 0 Å². The highest BCUT2D eigenvalue weighted by Gasteiger charge is 2.31. The average molecular weight is 247 g/mol. The zero-order valence-corrected chi connectivity index (χ0v) is 11.7. The third-order valence-electron chi connectivity index (χ3n) is 4.12. The summed E-state index contributed by atoms with van der Waals surface area (Å²) in [5, 5.41) is 3.44. The first-order valence-corrected chi connectivity index (χ1v) is 7.54. The zero-order chi connectivity index (χ0) is 12.5. The van der Waals surface area contributed by atoms with Crippen molar-refractivity contribution in [3.05, 3.63) is 17.2 Å². The lowest BCUT2D eigenvalue weighted by atomic mass is 10.1. The summed E-state index contributed by atoms with van der Waals surface area (Å²) < 4.78 is 2.57. The smallest absolute Gasteiger partial charge is 0.112 e. The molecule has 0 atom stereocenters. The second-order valence-corrected chi connectivity index (χ2v) is 6.25.